The van der Waals surface area contributed by atoms with Gasteiger partial charge in [0.05, 0.1) is 16.0 Å². The Labute approximate surface area is 164 Å². The number of halogens is 2. The van der Waals surface area contributed by atoms with Gasteiger partial charge >= 0.3 is 0 Å². The summed E-state index contributed by atoms with van der Waals surface area (Å²) in [5.41, 5.74) is 2.28. The van der Waals surface area contributed by atoms with E-state index < -0.39 is 11.6 Å². The SMILES string of the molecule is Cc1ccc(F)c(-c2cc3ccnc(-c4ccc5ccccc5c4)c3s2)c1F. The van der Waals surface area contributed by atoms with Gasteiger partial charge in [-0.25, -0.2) is 8.78 Å². The quantitative estimate of drug-likeness (QED) is 0.308. The van der Waals surface area contributed by atoms with Gasteiger partial charge in [0.25, 0.3) is 0 Å². The molecule has 0 bridgehead atoms. The zero-order chi connectivity index (χ0) is 19.3. The maximum atomic E-state index is 14.6. The third-order valence-electron chi connectivity index (χ3n) is 4.99. The molecule has 0 saturated carbocycles. The van der Waals surface area contributed by atoms with E-state index in [0.717, 1.165) is 32.1 Å². The molecule has 0 spiro atoms. The Morgan fingerprint density at radius 1 is 0.821 bits per heavy atom. The maximum absolute atomic E-state index is 14.6. The van der Waals surface area contributed by atoms with E-state index in [0.29, 0.717) is 10.4 Å². The first-order valence-electron chi connectivity index (χ1n) is 8.94. The first-order valence-corrected chi connectivity index (χ1v) is 9.76. The van der Waals surface area contributed by atoms with Gasteiger partial charge in [0.15, 0.2) is 0 Å². The van der Waals surface area contributed by atoms with Crippen LogP contribution in [0, 0.1) is 18.6 Å². The molecule has 0 aliphatic heterocycles. The summed E-state index contributed by atoms with van der Waals surface area (Å²) in [5.74, 6) is -1.05. The molecule has 0 N–H and O–H groups in total. The fourth-order valence-electron chi connectivity index (χ4n) is 3.51. The lowest BCUT2D eigenvalue weighted by Gasteiger charge is -2.05. The first-order chi connectivity index (χ1) is 13.6. The molecule has 0 radical (unpaired) electrons. The molecule has 28 heavy (non-hydrogen) atoms. The zero-order valence-electron chi connectivity index (χ0n) is 15.0. The number of aryl methyl sites for hydroxylation is 1. The molecule has 2 heterocycles. The molecule has 0 unspecified atom stereocenters. The van der Waals surface area contributed by atoms with Crippen LogP contribution in [0.4, 0.5) is 8.78 Å². The number of thiophene rings is 1. The highest BCUT2D eigenvalue weighted by Gasteiger charge is 2.18. The van der Waals surface area contributed by atoms with Gasteiger partial charge in [-0.3, -0.25) is 4.98 Å². The smallest absolute Gasteiger partial charge is 0.137 e. The molecule has 0 aliphatic carbocycles. The summed E-state index contributed by atoms with van der Waals surface area (Å²) in [6.07, 6.45) is 1.74. The lowest BCUT2D eigenvalue weighted by atomic mass is 10.0. The molecule has 0 atom stereocenters. The van der Waals surface area contributed by atoms with Crippen molar-refractivity contribution in [2.24, 2.45) is 0 Å². The van der Waals surface area contributed by atoms with Crippen LogP contribution in [0.5, 0.6) is 0 Å². The summed E-state index contributed by atoms with van der Waals surface area (Å²) >= 11 is 1.37. The highest BCUT2D eigenvalue weighted by Crippen LogP contribution is 2.40. The van der Waals surface area contributed by atoms with Crippen LogP contribution >= 0.6 is 11.3 Å². The summed E-state index contributed by atoms with van der Waals surface area (Å²) in [4.78, 5) is 5.15. The van der Waals surface area contributed by atoms with Crippen molar-refractivity contribution in [3.63, 3.8) is 0 Å². The van der Waals surface area contributed by atoms with Crippen LogP contribution in [0.3, 0.4) is 0 Å². The number of hydrogen-bond donors (Lipinski definition) is 0. The number of aromatic nitrogens is 1. The Morgan fingerprint density at radius 3 is 2.50 bits per heavy atom. The van der Waals surface area contributed by atoms with Crippen molar-refractivity contribution in [3.8, 4) is 21.7 Å². The second-order valence-electron chi connectivity index (χ2n) is 6.80. The van der Waals surface area contributed by atoms with Gasteiger partial charge in [0.1, 0.15) is 11.6 Å². The number of nitrogens with zero attached hydrogens (tertiary/aromatic N) is 1. The van der Waals surface area contributed by atoms with Crippen molar-refractivity contribution < 1.29 is 8.78 Å². The standard InChI is InChI=1S/C24H15F2NS/c1-14-6-9-19(25)21(22(14)26)20-13-18-10-11-27-23(24(18)28-20)17-8-7-15-4-2-3-5-16(15)12-17/h2-13H,1H3. The monoisotopic (exact) mass is 387 g/mol. The van der Waals surface area contributed by atoms with Crippen LogP contribution in [0.15, 0.2) is 72.9 Å². The third-order valence-corrected chi connectivity index (χ3v) is 6.16. The Kier molecular flexibility index (Phi) is 3.95. The van der Waals surface area contributed by atoms with Crippen LogP contribution in [-0.2, 0) is 0 Å². The topological polar surface area (TPSA) is 12.9 Å². The van der Waals surface area contributed by atoms with Gasteiger partial charge in [-0.1, -0.05) is 42.5 Å². The maximum Gasteiger partial charge on any atom is 0.137 e. The predicted octanol–water partition coefficient (Wildman–Crippen LogP) is 7.37. The van der Waals surface area contributed by atoms with Crippen molar-refractivity contribution in [1.82, 2.24) is 4.98 Å². The molecule has 0 fully saturated rings. The van der Waals surface area contributed by atoms with Crippen molar-refractivity contribution in [1.29, 1.82) is 0 Å². The summed E-state index contributed by atoms with van der Waals surface area (Å²) < 4.78 is 29.9. The van der Waals surface area contributed by atoms with E-state index in [1.165, 1.54) is 23.5 Å². The van der Waals surface area contributed by atoms with E-state index in [4.69, 9.17) is 0 Å². The number of pyridine rings is 1. The molecule has 0 amide bonds. The minimum Gasteiger partial charge on any atom is -0.255 e. The molecule has 1 nitrogen and oxygen atoms in total. The molecule has 5 aromatic rings. The lowest BCUT2D eigenvalue weighted by Crippen LogP contribution is -1.91. The highest BCUT2D eigenvalue weighted by molar-refractivity contribution is 7.22. The first kappa shape index (κ1) is 17.0. The fraction of sp³-hybridized carbons (Fsp3) is 0.0417. The van der Waals surface area contributed by atoms with Crippen LogP contribution in [0.25, 0.3) is 42.6 Å². The van der Waals surface area contributed by atoms with E-state index in [-0.39, 0.29) is 5.56 Å². The molecular formula is C24H15F2NS. The summed E-state index contributed by atoms with van der Waals surface area (Å²) in [6.45, 7) is 1.65. The molecular weight excluding hydrogens is 372 g/mol. The van der Waals surface area contributed by atoms with Crippen molar-refractivity contribution in [3.05, 3.63) is 90.1 Å². The van der Waals surface area contributed by atoms with Crippen LogP contribution in [0.1, 0.15) is 5.56 Å². The van der Waals surface area contributed by atoms with E-state index >= 15 is 0 Å². The van der Waals surface area contributed by atoms with E-state index in [2.05, 4.69) is 29.2 Å². The van der Waals surface area contributed by atoms with Gasteiger partial charge in [-0.2, -0.15) is 0 Å². The average molecular weight is 387 g/mol. The fourth-order valence-corrected chi connectivity index (χ4v) is 4.72. The van der Waals surface area contributed by atoms with Gasteiger partial charge in [0, 0.05) is 16.6 Å². The van der Waals surface area contributed by atoms with E-state index in [1.807, 2.05) is 30.3 Å². The molecule has 0 saturated heterocycles. The third kappa shape index (κ3) is 2.69. The number of rotatable bonds is 2. The van der Waals surface area contributed by atoms with Gasteiger partial charge in [-0.15, -0.1) is 11.3 Å². The minimum atomic E-state index is -0.546. The summed E-state index contributed by atoms with van der Waals surface area (Å²) in [5, 5.41) is 3.22. The normalized spacial score (nSPS) is 11.4. The van der Waals surface area contributed by atoms with Gasteiger partial charge in [-0.05, 0) is 52.9 Å². The van der Waals surface area contributed by atoms with Crippen molar-refractivity contribution in [2.75, 3.05) is 0 Å². The molecule has 2 aromatic heterocycles. The second kappa shape index (κ2) is 6.50. The summed E-state index contributed by atoms with van der Waals surface area (Å²) in [7, 11) is 0. The van der Waals surface area contributed by atoms with Gasteiger partial charge < -0.3 is 0 Å². The van der Waals surface area contributed by atoms with Crippen LogP contribution in [-0.4, -0.2) is 4.98 Å². The predicted molar refractivity (Wildman–Crippen MR) is 113 cm³/mol. The molecule has 3 aromatic carbocycles. The van der Waals surface area contributed by atoms with Crippen LogP contribution < -0.4 is 0 Å². The number of hydrogen-bond acceptors (Lipinski definition) is 2. The Bertz CT molecular complexity index is 1350. The second-order valence-corrected chi connectivity index (χ2v) is 7.86. The van der Waals surface area contributed by atoms with Crippen molar-refractivity contribution >= 4 is 32.2 Å². The van der Waals surface area contributed by atoms with E-state index in [9.17, 15) is 8.78 Å². The Hall–Kier alpha value is -3.11. The van der Waals surface area contributed by atoms with Crippen molar-refractivity contribution in [2.45, 2.75) is 6.92 Å². The molecule has 0 aliphatic rings. The zero-order valence-corrected chi connectivity index (χ0v) is 15.9. The molecule has 4 heteroatoms. The largest absolute Gasteiger partial charge is 0.255 e. The highest BCUT2D eigenvalue weighted by atomic mass is 32.1. The minimum absolute atomic E-state index is 0.0330. The lowest BCUT2D eigenvalue weighted by molar-refractivity contribution is 0.584. The number of fused-ring (bicyclic) bond motifs is 2. The summed E-state index contributed by atoms with van der Waals surface area (Å²) in [6, 6.07) is 20.9. The molecule has 136 valence electrons. The van der Waals surface area contributed by atoms with Gasteiger partial charge in [0.2, 0.25) is 0 Å². The Balaban J connectivity index is 1.73. The average Bonchev–Trinajstić information content (AvgIpc) is 3.14. The van der Waals surface area contributed by atoms with Crippen LogP contribution in [0.2, 0.25) is 0 Å². The Morgan fingerprint density at radius 2 is 1.64 bits per heavy atom. The van der Waals surface area contributed by atoms with E-state index in [1.54, 1.807) is 13.1 Å². The molecule has 5 rings (SSSR count). The number of benzene rings is 3.